The van der Waals surface area contributed by atoms with Gasteiger partial charge in [0.25, 0.3) is 0 Å². The van der Waals surface area contributed by atoms with E-state index in [1.807, 2.05) is 26.0 Å². The number of Topliss-reactive ketones (excluding diaryl/α,β-unsaturated/α-hetero) is 1. The molecule has 0 bridgehead atoms. The molecule has 1 rings (SSSR count). The Labute approximate surface area is 137 Å². The van der Waals surface area contributed by atoms with Crippen LogP contribution in [0.25, 0.3) is 6.08 Å². The minimum atomic E-state index is -0.791. The van der Waals surface area contributed by atoms with Crippen LogP contribution in [-0.4, -0.2) is 43.0 Å². The monoisotopic (exact) mass is 319 g/mol. The van der Waals surface area contributed by atoms with E-state index in [4.69, 9.17) is 9.47 Å². The smallest absolute Gasteiger partial charge is 0.132 e. The fraction of sp³-hybridized carbons (Fsp3) is 0.444. The van der Waals surface area contributed by atoms with E-state index in [-0.39, 0.29) is 12.2 Å². The summed E-state index contributed by atoms with van der Waals surface area (Å²) < 4.78 is 11.0. The summed E-state index contributed by atoms with van der Waals surface area (Å²) >= 11 is 0. The highest BCUT2D eigenvalue weighted by Crippen LogP contribution is 2.26. The molecule has 0 saturated carbocycles. The Morgan fingerprint density at radius 2 is 2.13 bits per heavy atom. The number of carbonyl (C=O) groups excluding carboxylic acids is 1. The first kappa shape index (κ1) is 18.9. The maximum absolute atomic E-state index is 11.0. The van der Waals surface area contributed by atoms with E-state index < -0.39 is 6.10 Å². The Kier molecular flexibility index (Phi) is 8.05. The summed E-state index contributed by atoms with van der Waals surface area (Å²) in [4.78, 5) is 15.2. The van der Waals surface area contributed by atoms with Gasteiger partial charge in [-0.1, -0.05) is 12.2 Å². The molecule has 1 atom stereocenters. The number of benzene rings is 1. The van der Waals surface area contributed by atoms with Crippen molar-refractivity contribution in [1.29, 1.82) is 0 Å². The number of nitrogens with zero attached hydrogens (tertiary/aromatic N) is 1. The summed E-state index contributed by atoms with van der Waals surface area (Å²) in [5.74, 6) is 1.27. The van der Waals surface area contributed by atoms with Crippen LogP contribution in [0, 0.1) is 0 Å². The van der Waals surface area contributed by atoms with Crippen molar-refractivity contribution in [3.63, 3.8) is 0 Å². The Balaban J connectivity index is 2.78. The van der Waals surface area contributed by atoms with Crippen LogP contribution >= 0.6 is 0 Å². The number of aliphatic hydroxyl groups is 1. The first-order valence-electron chi connectivity index (χ1n) is 7.62. The van der Waals surface area contributed by atoms with Crippen LogP contribution in [-0.2, 0) is 4.79 Å². The highest BCUT2D eigenvalue weighted by molar-refractivity contribution is 5.83. The van der Waals surface area contributed by atoms with E-state index >= 15 is 0 Å². The number of rotatable bonds is 9. The summed E-state index contributed by atoms with van der Waals surface area (Å²) in [7, 11) is 1.58. The van der Waals surface area contributed by atoms with Gasteiger partial charge in [-0.15, -0.1) is 0 Å². The molecule has 23 heavy (non-hydrogen) atoms. The highest BCUT2D eigenvalue weighted by atomic mass is 16.5. The Bertz CT molecular complexity index is 578. The molecule has 5 nitrogen and oxygen atoms in total. The van der Waals surface area contributed by atoms with Crippen LogP contribution in [0.5, 0.6) is 11.5 Å². The molecule has 1 aromatic carbocycles. The average molecular weight is 319 g/mol. The summed E-state index contributed by atoms with van der Waals surface area (Å²) in [6.07, 6.45) is 2.63. The van der Waals surface area contributed by atoms with Gasteiger partial charge in [-0.25, -0.2) is 0 Å². The van der Waals surface area contributed by atoms with Crippen molar-refractivity contribution in [2.75, 3.05) is 20.3 Å². The van der Waals surface area contributed by atoms with Crippen molar-refractivity contribution in [2.24, 2.45) is 4.99 Å². The van der Waals surface area contributed by atoms with Gasteiger partial charge in [0.05, 0.1) is 13.2 Å². The third-order valence-corrected chi connectivity index (χ3v) is 3.08. The molecule has 0 aliphatic carbocycles. The Hall–Kier alpha value is -2.14. The van der Waals surface area contributed by atoms with Gasteiger partial charge in [0.2, 0.25) is 0 Å². The lowest BCUT2D eigenvalue weighted by Crippen LogP contribution is -2.08. The lowest BCUT2D eigenvalue weighted by Gasteiger charge is -2.10. The predicted octanol–water partition coefficient (Wildman–Crippen LogP) is 2.91. The van der Waals surface area contributed by atoms with Crippen molar-refractivity contribution in [3.05, 3.63) is 29.8 Å². The van der Waals surface area contributed by atoms with Crippen LogP contribution in [0.3, 0.4) is 0 Å². The number of ether oxygens (including phenoxy) is 2. The largest absolute Gasteiger partial charge is 0.496 e. The average Bonchev–Trinajstić information content (AvgIpc) is 2.50. The van der Waals surface area contributed by atoms with Gasteiger partial charge in [0, 0.05) is 30.3 Å². The second-order valence-electron chi connectivity index (χ2n) is 5.23. The second kappa shape index (κ2) is 9.79. The highest BCUT2D eigenvalue weighted by Gasteiger charge is 2.06. The fourth-order valence-electron chi connectivity index (χ4n) is 2.00. The molecule has 1 N–H and O–H groups in total. The van der Waals surface area contributed by atoms with Crippen LogP contribution in [0.2, 0.25) is 0 Å². The number of ketones is 1. The third kappa shape index (κ3) is 7.10. The lowest BCUT2D eigenvalue weighted by atomic mass is 10.1. The maximum atomic E-state index is 11.0. The van der Waals surface area contributed by atoms with Gasteiger partial charge in [0.15, 0.2) is 0 Å². The van der Waals surface area contributed by atoms with Gasteiger partial charge >= 0.3 is 0 Å². The predicted molar refractivity (Wildman–Crippen MR) is 92.5 cm³/mol. The first-order valence-corrected chi connectivity index (χ1v) is 7.62. The zero-order valence-electron chi connectivity index (χ0n) is 14.2. The molecule has 0 spiro atoms. The van der Waals surface area contributed by atoms with Crippen molar-refractivity contribution in [2.45, 2.75) is 33.3 Å². The molecule has 5 heteroatoms. The first-order chi connectivity index (χ1) is 11.0. The van der Waals surface area contributed by atoms with Crippen molar-refractivity contribution >= 4 is 17.6 Å². The minimum absolute atomic E-state index is 0.0537. The van der Waals surface area contributed by atoms with Crippen molar-refractivity contribution in [3.8, 4) is 11.5 Å². The Morgan fingerprint density at radius 1 is 1.39 bits per heavy atom. The number of hydrogen-bond donors (Lipinski definition) is 1. The zero-order chi connectivity index (χ0) is 17.2. The van der Waals surface area contributed by atoms with Gasteiger partial charge in [-0.05, 0) is 32.9 Å². The number of methoxy groups -OCH3 is 1. The van der Waals surface area contributed by atoms with Crippen LogP contribution in [0.1, 0.15) is 32.8 Å². The van der Waals surface area contributed by atoms with Crippen molar-refractivity contribution in [1.82, 2.24) is 0 Å². The van der Waals surface area contributed by atoms with Gasteiger partial charge in [0.1, 0.15) is 23.9 Å². The fourth-order valence-corrected chi connectivity index (χ4v) is 2.00. The molecule has 126 valence electrons. The molecule has 0 saturated heterocycles. The standard InChI is InChI=1S/C18H25NO4/c1-5-19-13(2)12-23-17-9-7-15(18(11-17)22-4)6-8-16(21)10-14(3)20/h6-9,11,16,21H,5,10,12H2,1-4H3/b8-6+,19-13+. The van der Waals surface area contributed by atoms with Crippen LogP contribution in [0.4, 0.5) is 0 Å². The Morgan fingerprint density at radius 3 is 2.74 bits per heavy atom. The third-order valence-electron chi connectivity index (χ3n) is 3.08. The van der Waals surface area contributed by atoms with Crippen molar-refractivity contribution < 1.29 is 19.4 Å². The summed E-state index contributed by atoms with van der Waals surface area (Å²) in [6, 6.07) is 5.46. The number of carbonyl (C=O) groups is 1. The van der Waals surface area contributed by atoms with Crippen LogP contribution < -0.4 is 9.47 Å². The zero-order valence-corrected chi connectivity index (χ0v) is 14.2. The van der Waals surface area contributed by atoms with Gasteiger partial charge in [-0.2, -0.15) is 0 Å². The SMILES string of the molecule is CC/N=C(\C)COc1ccc(/C=C/C(O)CC(C)=O)c(OC)c1. The lowest BCUT2D eigenvalue weighted by molar-refractivity contribution is -0.118. The molecule has 1 aromatic rings. The molecule has 0 amide bonds. The number of aliphatic hydroxyl groups excluding tert-OH is 1. The van der Waals surface area contributed by atoms with Gasteiger partial charge < -0.3 is 14.6 Å². The molecule has 0 aromatic heterocycles. The van der Waals surface area contributed by atoms with E-state index in [1.165, 1.54) is 6.92 Å². The number of hydrogen-bond acceptors (Lipinski definition) is 5. The molecule has 0 fully saturated rings. The quantitative estimate of drug-likeness (QED) is 0.711. The molecular weight excluding hydrogens is 294 g/mol. The van der Waals surface area contributed by atoms with Crippen LogP contribution in [0.15, 0.2) is 29.3 Å². The minimum Gasteiger partial charge on any atom is -0.496 e. The van der Waals surface area contributed by atoms with E-state index in [9.17, 15) is 9.90 Å². The topological polar surface area (TPSA) is 68.1 Å². The molecule has 0 heterocycles. The van der Waals surface area contributed by atoms with Gasteiger partial charge in [-0.3, -0.25) is 9.79 Å². The maximum Gasteiger partial charge on any atom is 0.132 e. The molecule has 1 unspecified atom stereocenters. The molecular formula is C18H25NO4. The molecule has 0 aliphatic heterocycles. The summed E-state index contributed by atoms with van der Waals surface area (Å²) in [6.45, 7) is 6.53. The second-order valence-corrected chi connectivity index (χ2v) is 5.23. The molecule has 0 aliphatic rings. The van der Waals surface area contributed by atoms with E-state index in [0.29, 0.717) is 18.1 Å². The molecule has 0 radical (unpaired) electrons. The van der Waals surface area contributed by atoms with E-state index in [1.54, 1.807) is 25.3 Å². The van der Waals surface area contributed by atoms with E-state index in [0.717, 1.165) is 17.8 Å². The normalized spacial score (nSPS) is 13.2. The summed E-state index contributed by atoms with van der Waals surface area (Å²) in [5.41, 5.74) is 1.74. The van der Waals surface area contributed by atoms with E-state index in [2.05, 4.69) is 4.99 Å². The summed E-state index contributed by atoms with van der Waals surface area (Å²) in [5, 5.41) is 9.71. The number of aliphatic imine (C=N–C) groups is 1.